The fraction of sp³-hybridized carbons (Fsp3) is 0.700. The number of carbonyl (C=O) groups is 1. The zero-order chi connectivity index (χ0) is 12.0. The number of hydrogen-bond donors (Lipinski definition) is 1. The Morgan fingerprint density at radius 2 is 2.31 bits per heavy atom. The highest BCUT2D eigenvalue weighted by Crippen LogP contribution is 1.94. The second kappa shape index (κ2) is 6.22. The summed E-state index contributed by atoms with van der Waals surface area (Å²) < 4.78 is 1.97. The SMILES string of the molecule is CCn1cnnc1CNCCC(=O)N(C)C. The molecule has 0 aliphatic heterocycles. The molecular formula is C10H19N5O. The van der Waals surface area contributed by atoms with Gasteiger partial charge in [0.2, 0.25) is 5.91 Å². The van der Waals surface area contributed by atoms with Crippen molar-refractivity contribution < 1.29 is 4.79 Å². The first-order valence-electron chi connectivity index (χ1n) is 5.42. The molecule has 0 radical (unpaired) electrons. The Kier molecular flexibility index (Phi) is 4.91. The van der Waals surface area contributed by atoms with Gasteiger partial charge in [-0.15, -0.1) is 10.2 Å². The van der Waals surface area contributed by atoms with Crippen molar-refractivity contribution in [1.29, 1.82) is 0 Å². The lowest BCUT2D eigenvalue weighted by Gasteiger charge is -2.10. The quantitative estimate of drug-likeness (QED) is 0.685. The second-order valence-corrected chi connectivity index (χ2v) is 3.75. The third kappa shape index (κ3) is 3.62. The van der Waals surface area contributed by atoms with Crippen molar-refractivity contribution in [3.05, 3.63) is 12.2 Å². The first kappa shape index (κ1) is 12.6. The molecule has 1 amide bonds. The summed E-state index contributed by atoms with van der Waals surface area (Å²) in [5.41, 5.74) is 0. The van der Waals surface area contributed by atoms with E-state index < -0.39 is 0 Å². The van der Waals surface area contributed by atoms with Gasteiger partial charge in [0.05, 0.1) is 6.54 Å². The highest BCUT2D eigenvalue weighted by Gasteiger charge is 2.04. The second-order valence-electron chi connectivity index (χ2n) is 3.75. The summed E-state index contributed by atoms with van der Waals surface area (Å²) in [7, 11) is 3.52. The van der Waals surface area contributed by atoms with E-state index in [0.29, 0.717) is 19.5 Å². The minimum atomic E-state index is 0.129. The Hall–Kier alpha value is -1.43. The molecule has 1 N–H and O–H groups in total. The smallest absolute Gasteiger partial charge is 0.223 e. The summed E-state index contributed by atoms with van der Waals surface area (Å²) in [5, 5.41) is 11.0. The third-order valence-corrected chi connectivity index (χ3v) is 2.33. The largest absolute Gasteiger partial charge is 0.349 e. The topological polar surface area (TPSA) is 63.1 Å². The lowest BCUT2D eigenvalue weighted by molar-refractivity contribution is -0.128. The normalized spacial score (nSPS) is 10.4. The lowest BCUT2D eigenvalue weighted by atomic mass is 10.4. The molecule has 0 atom stereocenters. The zero-order valence-corrected chi connectivity index (χ0v) is 10.1. The van der Waals surface area contributed by atoms with Crippen LogP contribution < -0.4 is 5.32 Å². The highest BCUT2D eigenvalue weighted by molar-refractivity contribution is 5.75. The molecule has 0 fully saturated rings. The van der Waals surface area contributed by atoms with Crippen LogP contribution in [0.4, 0.5) is 0 Å². The van der Waals surface area contributed by atoms with Crippen LogP contribution in [0.2, 0.25) is 0 Å². The first-order chi connectivity index (χ1) is 7.65. The molecule has 1 aromatic rings. The first-order valence-corrected chi connectivity index (χ1v) is 5.42. The van der Waals surface area contributed by atoms with Gasteiger partial charge in [0.1, 0.15) is 12.2 Å². The molecule has 0 unspecified atom stereocenters. The van der Waals surface area contributed by atoms with Crippen LogP contribution in [0.25, 0.3) is 0 Å². The molecule has 0 aromatic carbocycles. The maximum absolute atomic E-state index is 11.3. The van der Waals surface area contributed by atoms with Crippen LogP contribution in [0.5, 0.6) is 0 Å². The van der Waals surface area contributed by atoms with Crippen molar-refractivity contribution in [2.75, 3.05) is 20.6 Å². The van der Waals surface area contributed by atoms with Crippen LogP contribution in [-0.4, -0.2) is 46.2 Å². The van der Waals surface area contributed by atoms with Crippen molar-refractivity contribution >= 4 is 5.91 Å². The Labute approximate surface area is 95.6 Å². The van der Waals surface area contributed by atoms with E-state index in [2.05, 4.69) is 15.5 Å². The number of aryl methyl sites for hydroxylation is 1. The van der Waals surface area contributed by atoms with Crippen LogP contribution in [-0.2, 0) is 17.9 Å². The van der Waals surface area contributed by atoms with Gasteiger partial charge in [0.15, 0.2) is 0 Å². The Balaban J connectivity index is 2.23. The molecule has 0 spiro atoms. The third-order valence-electron chi connectivity index (χ3n) is 2.33. The lowest BCUT2D eigenvalue weighted by Crippen LogP contribution is -2.27. The summed E-state index contributed by atoms with van der Waals surface area (Å²) in [6, 6.07) is 0. The Morgan fingerprint density at radius 3 is 2.94 bits per heavy atom. The van der Waals surface area contributed by atoms with Crippen molar-refractivity contribution in [2.24, 2.45) is 0 Å². The van der Waals surface area contributed by atoms with Crippen molar-refractivity contribution in [3.8, 4) is 0 Å². The predicted octanol–water partition coefficient (Wildman–Crippen LogP) is -0.134. The van der Waals surface area contributed by atoms with Crippen LogP contribution in [0.15, 0.2) is 6.33 Å². The molecule has 0 saturated heterocycles. The molecule has 6 nitrogen and oxygen atoms in total. The number of nitrogens with one attached hydrogen (secondary N) is 1. The van der Waals surface area contributed by atoms with Crippen LogP contribution in [0.3, 0.4) is 0 Å². The number of nitrogens with zero attached hydrogens (tertiary/aromatic N) is 4. The number of hydrogen-bond acceptors (Lipinski definition) is 4. The maximum Gasteiger partial charge on any atom is 0.223 e. The molecule has 16 heavy (non-hydrogen) atoms. The fourth-order valence-electron chi connectivity index (χ4n) is 1.30. The van der Waals surface area contributed by atoms with E-state index in [1.165, 1.54) is 0 Å². The summed E-state index contributed by atoms with van der Waals surface area (Å²) in [6.45, 7) is 4.21. The molecule has 90 valence electrons. The van der Waals surface area contributed by atoms with E-state index in [9.17, 15) is 4.79 Å². The van der Waals surface area contributed by atoms with Crippen molar-refractivity contribution in [1.82, 2.24) is 25.0 Å². The molecule has 6 heteroatoms. The zero-order valence-electron chi connectivity index (χ0n) is 10.1. The highest BCUT2D eigenvalue weighted by atomic mass is 16.2. The van der Waals surface area contributed by atoms with Gasteiger partial charge in [0.25, 0.3) is 0 Å². The minimum absolute atomic E-state index is 0.129. The Morgan fingerprint density at radius 1 is 1.56 bits per heavy atom. The number of amides is 1. The van der Waals surface area contributed by atoms with Crippen LogP contribution >= 0.6 is 0 Å². The minimum Gasteiger partial charge on any atom is -0.349 e. The van der Waals surface area contributed by atoms with E-state index in [1.807, 2.05) is 11.5 Å². The van der Waals surface area contributed by atoms with E-state index in [1.54, 1.807) is 25.3 Å². The van der Waals surface area contributed by atoms with Gasteiger partial charge < -0.3 is 14.8 Å². The van der Waals surface area contributed by atoms with E-state index >= 15 is 0 Å². The standard InChI is InChI=1S/C10H19N5O/c1-4-15-8-12-13-9(15)7-11-6-5-10(16)14(2)3/h8,11H,4-7H2,1-3H3. The molecular weight excluding hydrogens is 206 g/mol. The summed E-state index contributed by atoms with van der Waals surface area (Å²) in [6.07, 6.45) is 2.22. The number of carbonyl (C=O) groups excluding carboxylic acids is 1. The summed E-state index contributed by atoms with van der Waals surface area (Å²) >= 11 is 0. The van der Waals surface area contributed by atoms with E-state index in [4.69, 9.17) is 0 Å². The fourth-order valence-corrected chi connectivity index (χ4v) is 1.30. The molecule has 1 heterocycles. The van der Waals surface area contributed by atoms with E-state index in [-0.39, 0.29) is 5.91 Å². The summed E-state index contributed by atoms with van der Waals surface area (Å²) in [5.74, 6) is 1.03. The van der Waals surface area contributed by atoms with Gasteiger partial charge in [-0.3, -0.25) is 4.79 Å². The molecule has 1 rings (SSSR count). The van der Waals surface area contributed by atoms with Gasteiger partial charge in [-0.25, -0.2) is 0 Å². The van der Waals surface area contributed by atoms with Gasteiger partial charge in [-0.2, -0.15) is 0 Å². The number of rotatable bonds is 6. The molecule has 0 aliphatic carbocycles. The molecule has 1 aromatic heterocycles. The van der Waals surface area contributed by atoms with Gasteiger partial charge in [-0.05, 0) is 6.92 Å². The number of aromatic nitrogens is 3. The monoisotopic (exact) mass is 225 g/mol. The van der Waals surface area contributed by atoms with Gasteiger partial charge >= 0.3 is 0 Å². The molecule has 0 bridgehead atoms. The average molecular weight is 225 g/mol. The van der Waals surface area contributed by atoms with Gasteiger partial charge in [0, 0.05) is 33.6 Å². The predicted molar refractivity (Wildman–Crippen MR) is 60.7 cm³/mol. The van der Waals surface area contributed by atoms with Crippen molar-refractivity contribution in [2.45, 2.75) is 26.4 Å². The summed E-state index contributed by atoms with van der Waals surface area (Å²) in [4.78, 5) is 12.9. The Bertz CT molecular complexity index is 334. The van der Waals surface area contributed by atoms with Crippen LogP contribution in [0.1, 0.15) is 19.2 Å². The maximum atomic E-state index is 11.3. The average Bonchev–Trinajstić information content (AvgIpc) is 2.71. The van der Waals surface area contributed by atoms with Crippen molar-refractivity contribution in [3.63, 3.8) is 0 Å². The van der Waals surface area contributed by atoms with Gasteiger partial charge in [-0.1, -0.05) is 0 Å². The molecule has 0 aliphatic rings. The van der Waals surface area contributed by atoms with E-state index in [0.717, 1.165) is 12.4 Å². The van der Waals surface area contributed by atoms with Crippen LogP contribution in [0, 0.1) is 0 Å². The molecule has 0 saturated carbocycles.